The molecule has 0 amide bonds. The van der Waals surface area contributed by atoms with Crippen LogP contribution in [-0.2, 0) is 9.47 Å². The Labute approximate surface area is 91.8 Å². The second-order valence-corrected chi connectivity index (χ2v) is 4.89. The third kappa shape index (κ3) is 4.09. The zero-order valence-electron chi connectivity index (χ0n) is 9.36. The van der Waals surface area contributed by atoms with Crippen LogP contribution in [0.15, 0.2) is 0 Å². The lowest BCUT2D eigenvalue weighted by Gasteiger charge is -2.27. The van der Waals surface area contributed by atoms with Gasteiger partial charge < -0.3 is 14.6 Å². The van der Waals surface area contributed by atoms with E-state index in [-0.39, 0.29) is 0 Å². The zero-order chi connectivity index (χ0) is 10.5. The predicted octanol–water partition coefficient (Wildman–Crippen LogP) is 1.59. The zero-order valence-corrected chi connectivity index (χ0v) is 9.36. The molecule has 1 aliphatic carbocycles. The van der Waals surface area contributed by atoms with Gasteiger partial charge in [-0.15, -0.1) is 0 Å². The molecule has 2 rings (SSSR count). The second-order valence-electron chi connectivity index (χ2n) is 4.89. The Morgan fingerprint density at radius 1 is 1.07 bits per heavy atom. The van der Waals surface area contributed by atoms with Gasteiger partial charge in [0.25, 0.3) is 0 Å². The van der Waals surface area contributed by atoms with Crippen LogP contribution in [0.25, 0.3) is 0 Å². The number of ether oxygens (including phenoxy) is 2. The summed E-state index contributed by atoms with van der Waals surface area (Å²) in [5.41, 5.74) is 0. The van der Waals surface area contributed by atoms with Crippen molar-refractivity contribution < 1.29 is 14.6 Å². The fourth-order valence-corrected chi connectivity index (χ4v) is 2.40. The van der Waals surface area contributed by atoms with Gasteiger partial charge in [-0.3, -0.25) is 0 Å². The van der Waals surface area contributed by atoms with E-state index in [1.54, 1.807) is 0 Å². The first kappa shape index (κ1) is 11.4. The van der Waals surface area contributed by atoms with Crippen molar-refractivity contribution in [3.05, 3.63) is 0 Å². The number of rotatable bonds is 6. The molecule has 2 aliphatic rings. The Bertz CT molecular complexity index is 172. The molecule has 1 N–H and O–H groups in total. The van der Waals surface area contributed by atoms with Gasteiger partial charge in [-0.2, -0.15) is 0 Å². The highest BCUT2D eigenvalue weighted by atomic mass is 16.6. The summed E-state index contributed by atoms with van der Waals surface area (Å²) in [4.78, 5) is 0. The minimum Gasteiger partial charge on any atom is -0.396 e. The summed E-state index contributed by atoms with van der Waals surface area (Å²) in [5.74, 6) is 1.51. The van der Waals surface area contributed by atoms with Crippen molar-refractivity contribution in [2.75, 3.05) is 26.4 Å². The molecule has 1 unspecified atom stereocenters. The van der Waals surface area contributed by atoms with Gasteiger partial charge >= 0.3 is 0 Å². The fourth-order valence-electron chi connectivity index (χ4n) is 2.40. The standard InChI is InChI=1S/C12H22O3/c13-6-5-10-1-3-11(4-2-10)7-14-8-12-9-15-12/h10-13H,1-9H2. The van der Waals surface area contributed by atoms with Gasteiger partial charge in [0, 0.05) is 13.2 Å². The Morgan fingerprint density at radius 2 is 1.73 bits per heavy atom. The lowest BCUT2D eigenvalue weighted by molar-refractivity contribution is 0.0651. The van der Waals surface area contributed by atoms with Crippen LogP contribution in [0, 0.1) is 11.8 Å². The molecule has 0 radical (unpaired) electrons. The normalized spacial score (nSPS) is 35.4. The number of hydrogen-bond acceptors (Lipinski definition) is 3. The van der Waals surface area contributed by atoms with Gasteiger partial charge in [0.05, 0.1) is 13.2 Å². The van der Waals surface area contributed by atoms with Crippen molar-refractivity contribution in [1.29, 1.82) is 0 Å². The minimum atomic E-state index is 0.352. The van der Waals surface area contributed by atoms with Crippen molar-refractivity contribution >= 4 is 0 Å². The van der Waals surface area contributed by atoms with E-state index in [0.29, 0.717) is 12.7 Å². The average Bonchev–Trinajstić information content (AvgIpc) is 3.05. The maximum Gasteiger partial charge on any atom is 0.104 e. The van der Waals surface area contributed by atoms with E-state index in [9.17, 15) is 0 Å². The van der Waals surface area contributed by atoms with E-state index in [1.165, 1.54) is 25.7 Å². The third-order valence-corrected chi connectivity index (χ3v) is 3.56. The highest BCUT2D eigenvalue weighted by Crippen LogP contribution is 2.30. The summed E-state index contributed by atoms with van der Waals surface area (Å²) in [6, 6.07) is 0. The second kappa shape index (κ2) is 5.83. The van der Waals surface area contributed by atoms with Crippen molar-refractivity contribution in [3.8, 4) is 0 Å². The van der Waals surface area contributed by atoms with E-state index in [1.807, 2.05) is 0 Å². The molecule has 0 bridgehead atoms. The molecule has 1 heterocycles. The number of hydrogen-bond donors (Lipinski definition) is 1. The lowest BCUT2D eigenvalue weighted by atomic mass is 9.81. The Hall–Kier alpha value is -0.120. The largest absolute Gasteiger partial charge is 0.396 e. The Balaban J connectivity index is 1.52. The first-order valence-corrected chi connectivity index (χ1v) is 6.18. The summed E-state index contributed by atoms with van der Waals surface area (Å²) in [6.07, 6.45) is 6.48. The molecule has 3 nitrogen and oxygen atoms in total. The summed E-state index contributed by atoms with van der Waals surface area (Å²) < 4.78 is 10.7. The summed E-state index contributed by atoms with van der Waals surface area (Å²) in [5, 5.41) is 8.86. The van der Waals surface area contributed by atoms with Gasteiger partial charge in [-0.05, 0) is 31.1 Å². The monoisotopic (exact) mass is 214 g/mol. The molecule has 1 saturated heterocycles. The predicted molar refractivity (Wildman–Crippen MR) is 57.7 cm³/mol. The van der Waals surface area contributed by atoms with Crippen LogP contribution in [0.1, 0.15) is 32.1 Å². The van der Waals surface area contributed by atoms with E-state index in [4.69, 9.17) is 14.6 Å². The molecule has 1 aliphatic heterocycles. The highest BCUT2D eigenvalue weighted by molar-refractivity contribution is 4.73. The molecule has 0 aromatic heterocycles. The van der Waals surface area contributed by atoms with Gasteiger partial charge in [0.2, 0.25) is 0 Å². The Morgan fingerprint density at radius 3 is 2.33 bits per heavy atom. The van der Waals surface area contributed by atoms with E-state index in [0.717, 1.165) is 38.1 Å². The average molecular weight is 214 g/mol. The van der Waals surface area contributed by atoms with Crippen molar-refractivity contribution in [3.63, 3.8) is 0 Å². The van der Waals surface area contributed by atoms with E-state index in [2.05, 4.69) is 0 Å². The van der Waals surface area contributed by atoms with Gasteiger partial charge in [0.15, 0.2) is 0 Å². The van der Waals surface area contributed by atoms with Crippen molar-refractivity contribution in [2.45, 2.75) is 38.2 Å². The van der Waals surface area contributed by atoms with E-state index < -0.39 is 0 Å². The summed E-state index contributed by atoms with van der Waals surface area (Å²) >= 11 is 0. The van der Waals surface area contributed by atoms with E-state index >= 15 is 0 Å². The fraction of sp³-hybridized carbons (Fsp3) is 1.00. The third-order valence-electron chi connectivity index (χ3n) is 3.56. The van der Waals surface area contributed by atoms with Crippen LogP contribution in [0.3, 0.4) is 0 Å². The summed E-state index contributed by atoms with van der Waals surface area (Å²) in [6.45, 7) is 2.94. The molecule has 0 aromatic carbocycles. The highest BCUT2D eigenvalue weighted by Gasteiger charge is 2.24. The lowest BCUT2D eigenvalue weighted by Crippen LogP contribution is -2.20. The van der Waals surface area contributed by atoms with Crippen LogP contribution in [-0.4, -0.2) is 37.6 Å². The number of epoxide rings is 1. The molecule has 88 valence electrons. The van der Waals surface area contributed by atoms with Crippen LogP contribution in [0.2, 0.25) is 0 Å². The van der Waals surface area contributed by atoms with Crippen LogP contribution >= 0.6 is 0 Å². The molecule has 3 heteroatoms. The maximum absolute atomic E-state index is 8.86. The molecule has 2 fully saturated rings. The Kier molecular flexibility index (Phi) is 4.42. The van der Waals surface area contributed by atoms with Crippen LogP contribution in [0.4, 0.5) is 0 Å². The quantitative estimate of drug-likeness (QED) is 0.683. The molecule has 0 spiro atoms. The minimum absolute atomic E-state index is 0.352. The molecular weight excluding hydrogens is 192 g/mol. The molecule has 15 heavy (non-hydrogen) atoms. The van der Waals surface area contributed by atoms with Crippen LogP contribution < -0.4 is 0 Å². The first-order valence-electron chi connectivity index (χ1n) is 6.18. The molecular formula is C12H22O3. The van der Waals surface area contributed by atoms with Crippen LogP contribution in [0.5, 0.6) is 0 Å². The first-order chi connectivity index (χ1) is 7.38. The number of aliphatic hydroxyl groups is 1. The topological polar surface area (TPSA) is 42.0 Å². The molecule has 0 aromatic rings. The van der Waals surface area contributed by atoms with Gasteiger partial charge in [0.1, 0.15) is 6.10 Å². The van der Waals surface area contributed by atoms with Gasteiger partial charge in [-0.25, -0.2) is 0 Å². The van der Waals surface area contributed by atoms with Crippen molar-refractivity contribution in [2.24, 2.45) is 11.8 Å². The smallest absolute Gasteiger partial charge is 0.104 e. The van der Waals surface area contributed by atoms with Crippen molar-refractivity contribution in [1.82, 2.24) is 0 Å². The molecule has 1 atom stereocenters. The summed E-state index contributed by atoms with van der Waals surface area (Å²) in [7, 11) is 0. The maximum atomic E-state index is 8.86. The molecule has 1 saturated carbocycles. The van der Waals surface area contributed by atoms with Gasteiger partial charge in [-0.1, -0.05) is 12.8 Å². The SMILES string of the molecule is OCCC1CCC(COCC2CO2)CC1. The number of aliphatic hydroxyl groups excluding tert-OH is 1.